The zero-order chi connectivity index (χ0) is 14.5. The quantitative estimate of drug-likeness (QED) is 0.383. The Bertz CT molecular complexity index is 538. The summed E-state index contributed by atoms with van der Waals surface area (Å²) in [6, 6.07) is 6.54. The Morgan fingerprint density at radius 1 is 1.50 bits per heavy atom. The lowest BCUT2D eigenvalue weighted by atomic mass is 9.59. The van der Waals surface area contributed by atoms with Crippen molar-refractivity contribution in [3.05, 3.63) is 33.9 Å². The highest BCUT2D eigenvalue weighted by atomic mass is 16.6. The minimum absolute atomic E-state index is 0.0834. The molecule has 0 spiro atoms. The first-order valence-corrected chi connectivity index (χ1v) is 6.41. The summed E-state index contributed by atoms with van der Waals surface area (Å²) in [6.07, 6.45) is 1.68. The molecule has 1 aliphatic heterocycles. The van der Waals surface area contributed by atoms with Gasteiger partial charge in [-0.15, -0.1) is 0 Å². The molecule has 20 heavy (non-hydrogen) atoms. The second-order valence-electron chi connectivity index (χ2n) is 4.59. The van der Waals surface area contributed by atoms with Gasteiger partial charge in [0, 0.05) is 24.8 Å². The SMILES string of the molecule is N#Cc1ccc(N2CCB(OCN)CC2)cc1[N+](=O)[O-]. The predicted octanol–water partition coefficient (Wildman–Crippen LogP) is 1.21. The third-order valence-corrected chi connectivity index (χ3v) is 3.44. The molecule has 0 amide bonds. The van der Waals surface area contributed by atoms with Gasteiger partial charge in [0.25, 0.3) is 12.6 Å². The summed E-state index contributed by atoms with van der Waals surface area (Å²) in [7, 11) is 0. The van der Waals surface area contributed by atoms with Crippen LogP contribution in [0.2, 0.25) is 12.6 Å². The first-order chi connectivity index (χ1) is 9.65. The first-order valence-electron chi connectivity index (χ1n) is 6.41. The van der Waals surface area contributed by atoms with Crippen LogP contribution in [-0.4, -0.2) is 31.7 Å². The van der Waals surface area contributed by atoms with Crippen LogP contribution in [0.1, 0.15) is 5.56 Å². The number of anilines is 1. The summed E-state index contributed by atoms with van der Waals surface area (Å²) in [6.45, 7) is 1.89. The summed E-state index contributed by atoms with van der Waals surface area (Å²) in [4.78, 5) is 12.5. The van der Waals surface area contributed by atoms with E-state index in [0.717, 1.165) is 31.4 Å². The number of nitro benzene ring substituents is 1. The van der Waals surface area contributed by atoms with Gasteiger partial charge in [-0.3, -0.25) is 10.1 Å². The largest absolute Gasteiger partial charge is 0.424 e. The topological polar surface area (TPSA) is 105 Å². The van der Waals surface area contributed by atoms with Crippen LogP contribution >= 0.6 is 0 Å². The molecule has 1 aliphatic rings. The molecule has 0 unspecified atom stereocenters. The first kappa shape index (κ1) is 14.3. The Kier molecular flexibility index (Phi) is 4.55. The lowest BCUT2D eigenvalue weighted by Crippen LogP contribution is -2.39. The van der Waals surface area contributed by atoms with E-state index in [9.17, 15) is 10.1 Å². The summed E-state index contributed by atoms with van der Waals surface area (Å²) in [5.74, 6) is 0. The van der Waals surface area contributed by atoms with E-state index >= 15 is 0 Å². The highest BCUT2D eigenvalue weighted by Crippen LogP contribution is 2.27. The number of nitriles is 1. The number of nitro groups is 1. The van der Waals surface area contributed by atoms with Crippen molar-refractivity contribution in [2.24, 2.45) is 5.73 Å². The van der Waals surface area contributed by atoms with Crippen molar-refractivity contribution in [2.75, 3.05) is 24.7 Å². The van der Waals surface area contributed by atoms with Crippen molar-refractivity contribution < 1.29 is 9.58 Å². The third-order valence-electron chi connectivity index (χ3n) is 3.44. The van der Waals surface area contributed by atoms with Crippen LogP contribution in [0.15, 0.2) is 18.2 Å². The summed E-state index contributed by atoms with van der Waals surface area (Å²) in [5, 5.41) is 19.8. The van der Waals surface area contributed by atoms with Crippen molar-refractivity contribution >= 4 is 18.3 Å². The van der Waals surface area contributed by atoms with Crippen molar-refractivity contribution in [3.8, 4) is 6.07 Å². The maximum absolute atomic E-state index is 11.0. The van der Waals surface area contributed by atoms with Gasteiger partial charge >= 0.3 is 0 Å². The van der Waals surface area contributed by atoms with Crippen LogP contribution in [0, 0.1) is 21.4 Å². The number of benzene rings is 1. The van der Waals surface area contributed by atoms with Crippen molar-refractivity contribution in [1.82, 2.24) is 0 Å². The zero-order valence-electron chi connectivity index (χ0n) is 11.0. The minimum Gasteiger partial charge on any atom is -0.424 e. The second kappa shape index (κ2) is 6.37. The summed E-state index contributed by atoms with van der Waals surface area (Å²) < 4.78 is 5.37. The molecule has 7 nitrogen and oxygen atoms in total. The molecular formula is C12H15BN4O3. The molecule has 1 saturated heterocycles. The van der Waals surface area contributed by atoms with Gasteiger partial charge in [0.2, 0.25) is 0 Å². The van der Waals surface area contributed by atoms with Crippen molar-refractivity contribution in [2.45, 2.75) is 12.6 Å². The molecule has 0 aromatic heterocycles. The average Bonchev–Trinajstić information content (AvgIpc) is 2.47. The fourth-order valence-corrected chi connectivity index (χ4v) is 2.38. The molecule has 0 radical (unpaired) electrons. The van der Waals surface area contributed by atoms with Crippen LogP contribution in [-0.2, 0) is 4.65 Å². The standard InChI is InChI=1S/C12H15BN4O3/c14-8-10-1-2-11(7-12(10)17(18)19)16-5-3-13(4-6-16)20-9-15/h1-2,7H,3-6,9,15H2. The Morgan fingerprint density at radius 2 is 2.20 bits per heavy atom. The molecule has 104 valence electrons. The van der Waals surface area contributed by atoms with E-state index in [4.69, 9.17) is 15.6 Å². The van der Waals surface area contributed by atoms with E-state index in [1.54, 1.807) is 6.07 Å². The molecule has 1 aromatic rings. The van der Waals surface area contributed by atoms with Gasteiger partial charge in [-0.25, -0.2) is 0 Å². The second-order valence-corrected chi connectivity index (χ2v) is 4.59. The number of nitrogens with zero attached hydrogens (tertiary/aromatic N) is 3. The Labute approximate surface area is 117 Å². The van der Waals surface area contributed by atoms with E-state index in [2.05, 4.69) is 4.90 Å². The normalized spacial score (nSPS) is 15.0. The minimum atomic E-state index is -0.521. The Balaban J connectivity index is 2.13. The molecule has 8 heteroatoms. The lowest BCUT2D eigenvalue weighted by molar-refractivity contribution is -0.385. The fraction of sp³-hybridized carbons (Fsp3) is 0.417. The van der Waals surface area contributed by atoms with Crippen LogP contribution in [0.5, 0.6) is 0 Å². The molecule has 1 aromatic carbocycles. The van der Waals surface area contributed by atoms with Gasteiger partial charge in [0.15, 0.2) is 0 Å². The Hall–Kier alpha value is -2.11. The van der Waals surface area contributed by atoms with Gasteiger partial charge < -0.3 is 15.3 Å². The van der Waals surface area contributed by atoms with Crippen molar-refractivity contribution in [3.63, 3.8) is 0 Å². The molecule has 2 N–H and O–H groups in total. The molecule has 2 rings (SSSR count). The van der Waals surface area contributed by atoms with E-state index in [1.807, 2.05) is 6.07 Å². The van der Waals surface area contributed by atoms with Crippen LogP contribution in [0.4, 0.5) is 11.4 Å². The van der Waals surface area contributed by atoms with E-state index in [-0.39, 0.29) is 24.9 Å². The van der Waals surface area contributed by atoms with E-state index in [1.165, 1.54) is 12.1 Å². The van der Waals surface area contributed by atoms with E-state index in [0.29, 0.717) is 0 Å². The highest BCUT2D eigenvalue weighted by Gasteiger charge is 2.25. The van der Waals surface area contributed by atoms with Gasteiger partial charge in [-0.05, 0) is 24.8 Å². The highest BCUT2D eigenvalue weighted by molar-refractivity contribution is 6.52. The third kappa shape index (κ3) is 3.07. The molecule has 1 heterocycles. The van der Waals surface area contributed by atoms with Crippen LogP contribution < -0.4 is 10.6 Å². The fourth-order valence-electron chi connectivity index (χ4n) is 2.38. The lowest BCUT2D eigenvalue weighted by Gasteiger charge is -2.31. The van der Waals surface area contributed by atoms with Crippen molar-refractivity contribution in [1.29, 1.82) is 5.26 Å². The van der Waals surface area contributed by atoms with Gasteiger partial charge in [0.05, 0.1) is 11.7 Å². The predicted molar refractivity (Wildman–Crippen MR) is 75.5 cm³/mol. The molecule has 1 fully saturated rings. The number of hydrogen-bond donors (Lipinski definition) is 1. The summed E-state index contributed by atoms with van der Waals surface area (Å²) >= 11 is 0. The number of rotatable bonds is 4. The maximum atomic E-state index is 11.0. The molecule has 0 bridgehead atoms. The molecule has 0 aliphatic carbocycles. The molecule has 0 saturated carbocycles. The number of nitrogens with two attached hydrogens (primary N) is 1. The number of hydrogen-bond acceptors (Lipinski definition) is 6. The monoisotopic (exact) mass is 274 g/mol. The van der Waals surface area contributed by atoms with Crippen LogP contribution in [0.3, 0.4) is 0 Å². The molecular weight excluding hydrogens is 259 g/mol. The average molecular weight is 274 g/mol. The van der Waals surface area contributed by atoms with Gasteiger partial charge in [0.1, 0.15) is 11.6 Å². The maximum Gasteiger partial charge on any atom is 0.298 e. The van der Waals surface area contributed by atoms with Crippen LogP contribution in [0.25, 0.3) is 0 Å². The van der Waals surface area contributed by atoms with Gasteiger partial charge in [-0.1, -0.05) is 0 Å². The van der Waals surface area contributed by atoms with Gasteiger partial charge in [-0.2, -0.15) is 5.26 Å². The van der Waals surface area contributed by atoms with E-state index < -0.39 is 4.92 Å². The smallest absolute Gasteiger partial charge is 0.298 e. The zero-order valence-corrected chi connectivity index (χ0v) is 11.0. The Morgan fingerprint density at radius 3 is 2.75 bits per heavy atom. The summed E-state index contributed by atoms with van der Waals surface area (Å²) in [5.41, 5.74) is 6.05. The molecule has 0 atom stereocenters.